The molecular weight excluding hydrogens is 273 g/mol. The summed E-state index contributed by atoms with van der Waals surface area (Å²) in [5.41, 5.74) is 2.49. The molecule has 1 saturated heterocycles. The van der Waals surface area contributed by atoms with Gasteiger partial charge in [0, 0.05) is 19.6 Å². The molecule has 2 rings (SSSR count). The lowest BCUT2D eigenvalue weighted by molar-refractivity contribution is 0.360. The molecule has 5 nitrogen and oxygen atoms in total. The number of nitrogen functional groups attached to an aromatic ring is 1. The Morgan fingerprint density at radius 2 is 2.00 bits per heavy atom. The van der Waals surface area contributed by atoms with Crippen molar-refractivity contribution in [3.63, 3.8) is 0 Å². The molecule has 0 aliphatic carbocycles. The zero-order valence-electron chi connectivity index (χ0n) is 10.3. The topological polar surface area (TPSA) is 57.4 Å². The summed E-state index contributed by atoms with van der Waals surface area (Å²) in [7, 11) is 2.12. The number of nitrogens with zero attached hydrogens (tertiary/aromatic N) is 3. The highest BCUT2D eigenvalue weighted by atomic mass is 35.5. The molecule has 2 heterocycles. The minimum absolute atomic E-state index is 0.429. The Bertz CT molecular complexity index is 426. The smallest absolute Gasteiger partial charge is 0.161 e. The first kappa shape index (κ1) is 13.7. The van der Waals surface area contributed by atoms with Crippen LogP contribution in [0.4, 0.5) is 11.6 Å². The van der Waals surface area contributed by atoms with Crippen LogP contribution in [-0.4, -0.2) is 43.1 Å². The van der Waals surface area contributed by atoms with Crippen LogP contribution in [0.2, 0.25) is 10.0 Å². The van der Waals surface area contributed by atoms with E-state index in [0.717, 1.165) is 38.4 Å². The van der Waals surface area contributed by atoms with Crippen molar-refractivity contribution in [3.05, 3.63) is 16.1 Å². The van der Waals surface area contributed by atoms with E-state index in [4.69, 9.17) is 29.0 Å². The summed E-state index contributed by atoms with van der Waals surface area (Å²) in [5.74, 6) is 6.58. The van der Waals surface area contributed by atoms with Crippen molar-refractivity contribution in [1.82, 2.24) is 9.88 Å². The van der Waals surface area contributed by atoms with Crippen molar-refractivity contribution in [2.24, 2.45) is 5.84 Å². The van der Waals surface area contributed by atoms with Crippen LogP contribution < -0.4 is 16.2 Å². The van der Waals surface area contributed by atoms with Crippen LogP contribution in [0.1, 0.15) is 6.42 Å². The number of hydrogen-bond acceptors (Lipinski definition) is 5. The molecule has 1 aliphatic rings. The Hall–Kier alpha value is -0.750. The van der Waals surface area contributed by atoms with Gasteiger partial charge in [-0.3, -0.25) is 0 Å². The summed E-state index contributed by atoms with van der Waals surface area (Å²) in [5, 5.41) is 0.988. The van der Waals surface area contributed by atoms with Crippen molar-refractivity contribution >= 4 is 34.8 Å². The first-order valence-corrected chi connectivity index (χ1v) is 6.63. The average Bonchev–Trinajstić information content (AvgIpc) is 2.54. The summed E-state index contributed by atoms with van der Waals surface area (Å²) >= 11 is 12.2. The van der Waals surface area contributed by atoms with Gasteiger partial charge >= 0.3 is 0 Å². The molecule has 1 aliphatic heterocycles. The van der Waals surface area contributed by atoms with E-state index in [1.54, 1.807) is 6.07 Å². The second kappa shape index (κ2) is 5.93. The van der Waals surface area contributed by atoms with Gasteiger partial charge in [-0.05, 0) is 26.1 Å². The van der Waals surface area contributed by atoms with E-state index in [1.165, 1.54) is 0 Å². The summed E-state index contributed by atoms with van der Waals surface area (Å²) in [6.45, 7) is 3.91. The molecule has 0 atom stereocenters. The number of nitrogens with one attached hydrogen (secondary N) is 1. The standard InChI is InChI=1S/C11H17Cl2N5/c1-17-3-2-4-18(6-5-17)11-9(13)7-8(12)10(15-11)16-14/h7H,2-6,14H2,1H3,(H,15,16). The summed E-state index contributed by atoms with van der Waals surface area (Å²) in [6.07, 6.45) is 1.09. The van der Waals surface area contributed by atoms with E-state index in [-0.39, 0.29) is 0 Å². The maximum Gasteiger partial charge on any atom is 0.161 e. The van der Waals surface area contributed by atoms with E-state index >= 15 is 0 Å². The molecule has 0 unspecified atom stereocenters. The first-order chi connectivity index (χ1) is 8.61. The van der Waals surface area contributed by atoms with Gasteiger partial charge in [0.25, 0.3) is 0 Å². The normalized spacial score (nSPS) is 17.7. The first-order valence-electron chi connectivity index (χ1n) is 5.88. The molecule has 1 aromatic rings. The highest BCUT2D eigenvalue weighted by molar-refractivity contribution is 6.37. The van der Waals surface area contributed by atoms with Gasteiger partial charge in [0.15, 0.2) is 5.82 Å². The fourth-order valence-corrected chi connectivity index (χ4v) is 2.57. The zero-order valence-corrected chi connectivity index (χ0v) is 11.8. The Morgan fingerprint density at radius 3 is 2.72 bits per heavy atom. The molecule has 100 valence electrons. The van der Waals surface area contributed by atoms with E-state index in [2.05, 4.69) is 27.3 Å². The summed E-state index contributed by atoms with van der Waals surface area (Å²) in [6, 6.07) is 1.68. The zero-order chi connectivity index (χ0) is 13.1. The van der Waals surface area contributed by atoms with Gasteiger partial charge in [0.1, 0.15) is 5.82 Å². The summed E-state index contributed by atoms with van der Waals surface area (Å²) in [4.78, 5) is 8.86. The molecular formula is C11H17Cl2N5. The van der Waals surface area contributed by atoms with Gasteiger partial charge in [-0.1, -0.05) is 23.2 Å². The second-order valence-corrected chi connectivity index (χ2v) is 5.23. The number of hydrazine groups is 1. The van der Waals surface area contributed by atoms with Crippen molar-refractivity contribution < 1.29 is 0 Å². The van der Waals surface area contributed by atoms with Crippen LogP contribution >= 0.6 is 23.2 Å². The lowest BCUT2D eigenvalue weighted by Gasteiger charge is -2.23. The molecule has 0 amide bonds. The minimum atomic E-state index is 0.429. The van der Waals surface area contributed by atoms with Crippen molar-refractivity contribution in [2.75, 3.05) is 43.6 Å². The van der Waals surface area contributed by atoms with Gasteiger partial charge in [-0.15, -0.1) is 0 Å². The highest BCUT2D eigenvalue weighted by Gasteiger charge is 2.18. The SMILES string of the molecule is CN1CCCN(c2nc(NN)c(Cl)cc2Cl)CC1. The average molecular weight is 290 g/mol. The molecule has 0 spiro atoms. The quantitative estimate of drug-likeness (QED) is 0.642. The highest BCUT2D eigenvalue weighted by Crippen LogP contribution is 2.31. The summed E-state index contributed by atoms with van der Waals surface area (Å²) < 4.78 is 0. The van der Waals surface area contributed by atoms with E-state index in [9.17, 15) is 0 Å². The lowest BCUT2D eigenvalue weighted by Crippen LogP contribution is -2.30. The lowest BCUT2D eigenvalue weighted by atomic mass is 10.3. The van der Waals surface area contributed by atoms with Crippen LogP contribution in [0.25, 0.3) is 0 Å². The van der Waals surface area contributed by atoms with Crippen molar-refractivity contribution in [2.45, 2.75) is 6.42 Å². The number of hydrogen-bond donors (Lipinski definition) is 2. The molecule has 1 fully saturated rings. The Labute approximate surface area is 117 Å². The van der Waals surface area contributed by atoms with Gasteiger partial charge in [-0.2, -0.15) is 0 Å². The fourth-order valence-electron chi connectivity index (χ4n) is 2.04. The maximum atomic E-state index is 6.21. The van der Waals surface area contributed by atoms with Crippen molar-refractivity contribution in [1.29, 1.82) is 0 Å². The molecule has 0 radical (unpaired) electrons. The molecule has 0 saturated carbocycles. The number of rotatable bonds is 2. The Morgan fingerprint density at radius 1 is 1.22 bits per heavy atom. The number of nitrogens with two attached hydrogens (primary N) is 1. The maximum absolute atomic E-state index is 6.21. The van der Waals surface area contributed by atoms with E-state index < -0.39 is 0 Å². The molecule has 7 heteroatoms. The predicted molar refractivity (Wildman–Crippen MR) is 76.4 cm³/mol. The molecule has 0 aromatic carbocycles. The largest absolute Gasteiger partial charge is 0.354 e. The second-order valence-electron chi connectivity index (χ2n) is 4.41. The van der Waals surface area contributed by atoms with Gasteiger partial charge in [-0.25, -0.2) is 10.8 Å². The number of halogens is 2. The molecule has 18 heavy (non-hydrogen) atoms. The number of pyridine rings is 1. The Kier molecular flexibility index (Phi) is 4.50. The predicted octanol–water partition coefficient (Wildman–Crippen LogP) is 1.82. The minimum Gasteiger partial charge on any atom is -0.354 e. The van der Waals surface area contributed by atoms with Crippen LogP contribution in [-0.2, 0) is 0 Å². The third-order valence-electron chi connectivity index (χ3n) is 3.07. The molecule has 1 aromatic heterocycles. The number of anilines is 2. The fraction of sp³-hybridized carbons (Fsp3) is 0.545. The molecule has 0 bridgehead atoms. The van der Waals surface area contributed by atoms with Crippen LogP contribution in [0.3, 0.4) is 0 Å². The van der Waals surface area contributed by atoms with Crippen molar-refractivity contribution in [3.8, 4) is 0 Å². The van der Waals surface area contributed by atoms with Crippen LogP contribution in [0.15, 0.2) is 6.07 Å². The molecule has 3 N–H and O–H groups in total. The van der Waals surface area contributed by atoms with E-state index in [0.29, 0.717) is 15.9 Å². The van der Waals surface area contributed by atoms with Gasteiger partial charge in [0.05, 0.1) is 10.0 Å². The monoisotopic (exact) mass is 289 g/mol. The van der Waals surface area contributed by atoms with Crippen LogP contribution in [0, 0.1) is 0 Å². The third kappa shape index (κ3) is 2.98. The Balaban J connectivity index is 2.26. The van der Waals surface area contributed by atoms with Gasteiger partial charge in [0.2, 0.25) is 0 Å². The third-order valence-corrected chi connectivity index (χ3v) is 3.63. The van der Waals surface area contributed by atoms with Gasteiger partial charge < -0.3 is 15.2 Å². The van der Waals surface area contributed by atoms with Crippen LogP contribution in [0.5, 0.6) is 0 Å². The number of likely N-dealkylation sites (N-methyl/N-ethyl adjacent to an activating group) is 1. The number of aromatic nitrogens is 1. The van der Waals surface area contributed by atoms with E-state index in [1.807, 2.05) is 0 Å².